The molecule has 1 fully saturated rings. The molecular weight excluding hydrogens is 433 g/mol. The molecule has 5 heteroatoms. The highest BCUT2D eigenvalue weighted by Crippen LogP contribution is 2.39. The van der Waals surface area contributed by atoms with E-state index in [0.29, 0.717) is 0 Å². The number of benzene rings is 3. The van der Waals surface area contributed by atoms with Gasteiger partial charge in [0.1, 0.15) is 5.75 Å². The number of hydrogen-bond acceptors (Lipinski definition) is 3. The number of nitrogens with zero attached hydrogens (tertiary/aromatic N) is 1. The van der Waals surface area contributed by atoms with E-state index >= 15 is 0 Å². The molecule has 1 aromatic heterocycles. The lowest BCUT2D eigenvalue weighted by Gasteiger charge is -2.32. The van der Waals surface area contributed by atoms with Crippen LogP contribution in [0.25, 0.3) is 27.5 Å². The van der Waals surface area contributed by atoms with Crippen LogP contribution in [-0.2, 0) is 15.7 Å². The van der Waals surface area contributed by atoms with Gasteiger partial charge in [0.05, 0.1) is 29.3 Å². The summed E-state index contributed by atoms with van der Waals surface area (Å²) in [6.45, 7) is 10.6. The first-order valence-electron chi connectivity index (χ1n) is 12.8. The maximum atomic E-state index is 6.48. The van der Waals surface area contributed by atoms with Gasteiger partial charge in [-0.25, -0.2) is 0 Å². The molecule has 35 heavy (non-hydrogen) atoms. The molecule has 0 bridgehead atoms. The third-order valence-corrected chi connectivity index (χ3v) is 7.80. The first-order valence-corrected chi connectivity index (χ1v) is 12.8. The minimum Gasteiger partial charge on any atom is -0.497 e. The standard InChI is InChI=1S/C30H36BNO3/c1-7-8-9-11-21-14-16-22(17-15-21)32-26-19-18-23(33-6)20-24(26)28-25(12-10-13-27(28)32)31-34-29(2,3)30(4,5)35-31/h10,12-20H,7-9,11H2,1-6H3. The van der Waals surface area contributed by atoms with E-state index in [0.717, 1.165) is 45.1 Å². The molecule has 1 aliphatic heterocycles. The summed E-state index contributed by atoms with van der Waals surface area (Å²) in [5.74, 6) is 0.839. The molecule has 0 aliphatic carbocycles. The maximum absolute atomic E-state index is 6.48. The van der Waals surface area contributed by atoms with Gasteiger partial charge in [-0.05, 0) is 88.0 Å². The van der Waals surface area contributed by atoms with Crippen molar-refractivity contribution >= 4 is 34.4 Å². The largest absolute Gasteiger partial charge is 0.497 e. The summed E-state index contributed by atoms with van der Waals surface area (Å²) in [5, 5.41) is 2.28. The van der Waals surface area contributed by atoms with Crippen LogP contribution in [0, 0.1) is 0 Å². The molecule has 0 N–H and O–H groups in total. The summed E-state index contributed by atoms with van der Waals surface area (Å²) >= 11 is 0. The average Bonchev–Trinajstić information content (AvgIpc) is 3.28. The Bertz CT molecular complexity index is 1340. The maximum Gasteiger partial charge on any atom is 0.495 e. The molecule has 4 aromatic rings. The van der Waals surface area contributed by atoms with Crippen LogP contribution in [0.2, 0.25) is 0 Å². The van der Waals surface area contributed by atoms with Crippen LogP contribution < -0.4 is 10.2 Å². The van der Waals surface area contributed by atoms with Gasteiger partial charge in [0.2, 0.25) is 0 Å². The van der Waals surface area contributed by atoms with Crippen LogP contribution in [0.3, 0.4) is 0 Å². The zero-order valence-corrected chi connectivity index (χ0v) is 21.9. The normalized spacial score (nSPS) is 16.9. The van der Waals surface area contributed by atoms with Crippen molar-refractivity contribution in [3.63, 3.8) is 0 Å². The van der Waals surface area contributed by atoms with Crippen molar-refractivity contribution in [2.45, 2.75) is 71.5 Å². The molecule has 1 aliphatic rings. The minimum absolute atomic E-state index is 0.399. The first kappa shape index (κ1) is 24.0. The fourth-order valence-corrected chi connectivity index (χ4v) is 5.04. The van der Waals surface area contributed by atoms with Crippen LogP contribution in [0.15, 0.2) is 60.7 Å². The van der Waals surface area contributed by atoms with Gasteiger partial charge in [-0.3, -0.25) is 0 Å². The number of fused-ring (bicyclic) bond motifs is 3. The smallest absolute Gasteiger partial charge is 0.495 e. The number of hydrogen-bond donors (Lipinski definition) is 0. The van der Waals surface area contributed by atoms with Gasteiger partial charge < -0.3 is 18.6 Å². The SMILES string of the molecule is CCCCCc1ccc(-n2c3ccc(OC)cc3c3c(B4OC(C)(C)C(C)(C)O4)cccc32)cc1. The first-order chi connectivity index (χ1) is 16.8. The van der Waals surface area contributed by atoms with E-state index in [1.165, 1.54) is 24.8 Å². The summed E-state index contributed by atoms with van der Waals surface area (Å²) in [4.78, 5) is 0. The minimum atomic E-state index is -0.435. The quantitative estimate of drug-likeness (QED) is 0.220. The second-order valence-electron chi connectivity index (χ2n) is 10.7. The lowest BCUT2D eigenvalue weighted by molar-refractivity contribution is 0.00578. The van der Waals surface area contributed by atoms with Crippen LogP contribution >= 0.6 is 0 Å². The molecule has 0 unspecified atom stereocenters. The highest BCUT2D eigenvalue weighted by Gasteiger charge is 2.52. The third kappa shape index (κ3) is 4.15. The summed E-state index contributed by atoms with van der Waals surface area (Å²) in [6.07, 6.45) is 4.89. The van der Waals surface area contributed by atoms with Crippen molar-refractivity contribution in [2.24, 2.45) is 0 Å². The zero-order valence-electron chi connectivity index (χ0n) is 21.9. The van der Waals surface area contributed by atoms with Crippen LogP contribution in [0.1, 0.15) is 59.4 Å². The van der Waals surface area contributed by atoms with Crippen molar-refractivity contribution in [3.8, 4) is 11.4 Å². The van der Waals surface area contributed by atoms with Crippen LogP contribution in [-0.4, -0.2) is 30.0 Å². The molecule has 0 amide bonds. The topological polar surface area (TPSA) is 32.6 Å². The van der Waals surface area contributed by atoms with Crippen molar-refractivity contribution in [1.29, 1.82) is 0 Å². The van der Waals surface area contributed by atoms with Crippen LogP contribution in [0.5, 0.6) is 5.75 Å². The van der Waals surface area contributed by atoms with E-state index in [9.17, 15) is 0 Å². The number of aryl methyl sites for hydroxylation is 1. The highest BCUT2D eigenvalue weighted by molar-refractivity contribution is 6.66. The molecule has 5 rings (SSSR count). The highest BCUT2D eigenvalue weighted by atomic mass is 16.7. The molecule has 0 atom stereocenters. The van der Waals surface area contributed by atoms with Crippen molar-refractivity contribution in [1.82, 2.24) is 4.57 Å². The number of unbranched alkanes of at least 4 members (excludes halogenated alkanes) is 2. The summed E-state index contributed by atoms with van der Waals surface area (Å²) < 4.78 is 20.9. The molecule has 3 aromatic carbocycles. The monoisotopic (exact) mass is 469 g/mol. The van der Waals surface area contributed by atoms with Gasteiger partial charge >= 0.3 is 7.12 Å². The van der Waals surface area contributed by atoms with E-state index in [-0.39, 0.29) is 0 Å². The molecule has 0 saturated carbocycles. The molecule has 2 heterocycles. The summed E-state index contributed by atoms with van der Waals surface area (Å²) in [6, 6.07) is 21.8. The van der Waals surface area contributed by atoms with Gasteiger partial charge in [-0.15, -0.1) is 0 Å². The predicted octanol–water partition coefficient (Wildman–Crippen LogP) is 6.82. The van der Waals surface area contributed by atoms with Crippen LogP contribution in [0.4, 0.5) is 0 Å². The Morgan fingerprint density at radius 1 is 0.857 bits per heavy atom. The predicted molar refractivity (Wildman–Crippen MR) is 146 cm³/mol. The van der Waals surface area contributed by atoms with Crippen molar-refractivity contribution < 1.29 is 14.0 Å². The second kappa shape index (κ2) is 9.03. The van der Waals surface area contributed by atoms with Gasteiger partial charge in [0.15, 0.2) is 0 Å². The third-order valence-electron chi connectivity index (χ3n) is 7.80. The second-order valence-corrected chi connectivity index (χ2v) is 10.7. The Kier molecular flexibility index (Phi) is 6.19. The number of methoxy groups -OCH3 is 1. The fourth-order valence-electron chi connectivity index (χ4n) is 5.04. The lowest BCUT2D eigenvalue weighted by atomic mass is 9.76. The Morgan fingerprint density at radius 3 is 2.23 bits per heavy atom. The van der Waals surface area contributed by atoms with E-state index in [1.807, 2.05) is 6.07 Å². The van der Waals surface area contributed by atoms with Gasteiger partial charge in [0.25, 0.3) is 0 Å². The average molecular weight is 469 g/mol. The van der Waals surface area contributed by atoms with Crippen molar-refractivity contribution in [2.75, 3.05) is 7.11 Å². The van der Waals surface area contributed by atoms with E-state index in [4.69, 9.17) is 14.0 Å². The molecule has 0 spiro atoms. The summed E-state index contributed by atoms with van der Waals surface area (Å²) in [7, 11) is 1.28. The molecule has 0 radical (unpaired) electrons. The Balaban J connectivity index is 1.68. The number of ether oxygens (including phenoxy) is 1. The fraction of sp³-hybridized carbons (Fsp3) is 0.400. The Morgan fingerprint density at radius 2 is 1.57 bits per heavy atom. The van der Waals surface area contributed by atoms with Gasteiger partial charge in [0, 0.05) is 16.5 Å². The number of rotatable bonds is 7. The van der Waals surface area contributed by atoms with Gasteiger partial charge in [-0.1, -0.05) is 44.0 Å². The van der Waals surface area contributed by atoms with Crippen molar-refractivity contribution in [3.05, 3.63) is 66.2 Å². The van der Waals surface area contributed by atoms with E-state index in [1.54, 1.807) is 7.11 Å². The Labute approximate surface area is 209 Å². The molecular formula is C30H36BNO3. The molecule has 182 valence electrons. The summed E-state index contributed by atoms with van der Waals surface area (Å²) in [5.41, 5.74) is 5.08. The molecule has 1 saturated heterocycles. The zero-order chi connectivity index (χ0) is 24.8. The lowest BCUT2D eigenvalue weighted by Crippen LogP contribution is -2.41. The number of aromatic nitrogens is 1. The van der Waals surface area contributed by atoms with E-state index < -0.39 is 18.3 Å². The van der Waals surface area contributed by atoms with E-state index in [2.05, 4.69) is 93.8 Å². The molecule has 4 nitrogen and oxygen atoms in total. The Hall–Kier alpha value is -2.76. The van der Waals surface area contributed by atoms with Gasteiger partial charge in [-0.2, -0.15) is 0 Å².